The molecule has 0 aliphatic carbocycles. The quantitative estimate of drug-likeness (QED) is 0.695. The van der Waals surface area contributed by atoms with Crippen molar-refractivity contribution in [3.05, 3.63) is 0 Å². The molecule has 0 aromatic carbocycles. The minimum atomic E-state index is -0.628. The SMILES string of the molecule is CC(CC(C)(C)O)SSC(C)(C)CC(C)(C)O. The van der Waals surface area contributed by atoms with Gasteiger partial charge in [-0.25, -0.2) is 0 Å². The van der Waals surface area contributed by atoms with Crippen molar-refractivity contribution in [1.29, 1.82) is 0 Å². The van der Waals surface area contributed by atoms with Crippen LogP contribution >= 0.6 is 21.6 Å². The van der Waals surface area contributed by atoms with Crippen LogP contribution in [0.5, 0.6) is 0 Å². The van der Waals surface area contributed by atoms with E-state index in [0.29, 0.717) is 5.25 Å². The first-order valence-corrected chi connectivity index (χ1v) is 8.31. The molecule has 2 nitrogen and oxygen atoms in total. The third-order valence-corrected chi connectivity index (χ3v) is 5.90. The highest BCUT2D eigenvalue weighted by Gasteiger charge is 2.29. The van der Waals surface area contributed by atoms with Crippen molar-refractivity contribution in [3.63, 3.8) is 0 Å². The van der Waals surface area contributed by atoms with E-state index in [1.165, 1.54) is 0 Å². The van der Waals surface area contributed by atoms with Crippen molar-refractivity contribution in [2.24, 2.45) is 0 Å². The Morgan fingerprint density at radius 2 is 1.41 bits per heavy atom. The zero-order chi connectivity index (χ0) is 13.9. The van der Waals surface area contributed by atoms with Gasteiger partial charge in [0.1, 0.15) is 0 Å². The summed E-state index contributed by atoms with van der Waals surface area (Å²) in [4.78, 5) is 0. The van der Waals surface area contributed by atoms with Gasteiger partial charge < -0.3 is 10.2 Å². The van der Waals surface area contributed by atoms with Gasteiger partial charge in [-0.05, 0) is 54.4 Å². The summed E-state index contributed by atoms with van der Waals surface area (Å²) in [6.45, 7) is 13.8. The summed E-state index contributed by atoms with van der Waals surface area (Å²) in [7, 11) is 3.60. The summed E-state index contributed by atoms with van der Waals surface area (Å²) >= 11 is 0. The highest BCUT2D eigenvalue weighted by Crippen LogP contribution is 2.43. The van der Waals surface area contributed by atoms with Crippen LogP contribution in [-0.2, 0) is 0 Å². The van der Waals surface area contributed by atoms with Crippen LogP contribution in [0.3, 0.4) is 0 Å². The maximum absolute atomic E-state index is 9.84. The van der Waals surface area contributed by atoms with Gasteiger partial charge in [0.15, 0.2) is 0 Å². The normalized spacial score (nSPS) is 16.1. The Hall–Kier alpha value is 0.620. The highest BCUT2D eigenvalue weighted by atomic mass is 33.1. The molecule has 0 amide bonds. The number of aliphatic hydroxyl groups is 2. The lowest BCUT2D eigenvalue weighted by Crippen LogP contribution is -2.30. The largest absolute Gasteiger partial charge is 0.390 e. The first kappa shape index (κ1) is 17.6. The molecule has 0 radical (unpaired) electrons. The number of hydrogen-bond acceptors (Lipinski definition) is 4. The summed E-state index contributed by atoms with van der Waals surface area (Å²) in [5, 5.41) is 20.0. The van der Waals surface area contributed by atoms with Crippen molar-refractivity contribution in [3.8, 4) is 0 Å². The lowest BCUT2D eigenvalue weighted by Gasteiger charge is -2.31. The maximum Gasteiger partial charge on any atom is 0.0605 e. The third kappa shape index (κ3) is 11.4. The topological polar surface area (TPSA) is 40.5 Å². The van der Waals surface area contributed by atoms with Gasteiger partial charge in [0, 0.05) is 10.00 Å². The second kappa shape index (κ2) is 6.18. The first-order valence-electron chi connectivity index (χ1n) is 6.10. The van der Waals surface area contributed by atoms with Gasteiger partial charge in [0.05, 0.1) is 11.2 Å². The molecular weight excluding hydrogens is 252 g/mol. The maximum atomic E-state index is 9.84. The molecule has 0 spiro atoms. The standard InChI is InChI=1S/C13H28O2S2/c1-10(8-11(2,3)14)16-17-13(6,7)9-12(4,5)15/h10,14-15H,8-9H2,1-7H3. The summed E-state index contributed by atoms with van der Waals surface area (Å²) in [6, 6.07) is 0. The molecule has 0 aromatic rings. The molecule has 104 valence electrons. The molecule has 0 fully saturated rings. The summed E-state index contributed by atoms with van der Waals surface area (Å²) in [6.07, 6.45) is 1.54. The van der Waals surface area contributed by atoms with Crippen LogP contribution in [-0.4, -0.2) is 31.4 Å². The van der Waals surface area contributed by atoms with Crippen LogP contribution in [0.2, 0.25) is 0 Å². The molecule has 0 saturated carbocycles. The minimum absolute atomic E-state index is 0.0385. The van der Waals surface area contributed by atoms with Gasteiger partial charge in [-0.2, -0.15) is 0 Å². The molecule has 0 heterocycles. The lowest BCUT2D eigenvalue weighted by molar-refractivity contribution is 0.0629. The average Bonchev–Trinajstić information content (AvgIpc) is 1.92. The predicted molar refractivity (Wildman–Crippen MR) is 80.6 cm³/mol. The Morgan fingerprint density at radius 1 is 0.941 bits per heavy atom. The highest BCUT2D eigenvalue weighted by molar-refractivity contribution is 8.77. The first-order chi connectivity index (χ1) is 7.31. The van der Waals surface area contributed by atoms with Gasteiger partial charge in [0.25, 0.3) is 0 Å². The Bertz CT molecular complexity index is 227. The molecule has 1 atom stereocenters. The van der Waals surface area contributed by atoms with E-state index < -0.39 is 11.2 Å². The van der Waals surface area contributed by atoms with E-state index in [1.54, 1.807) is 21.6 Å². The van der Waals surface area contributed by atoms with E-state index in [-0.39, 0.29) is 4.75 Å². The van der Waals surface area contributed by atoms with E-state index in [2.05, 4.69) is 20.8 Å². The average molecular weight is 280 g/mol. The Kier molecular flexibility index (Phi) is 6.40. The molecule has 0 saturated heterocycles. The fourth-order valence-corrected chi connectivity index (χ4v) is 4.99. The van der Waals surface area contributed by atoms with E-state index >= 15 is 0 Å². The van der Waals surface area contributed by atoms with Crippen LogP contribution in [0.4, 0.5) is 0 Å². The molecule has 1 unspecified atom stereocenters. The Morgan fingerprint density at radius 3 is 1.76 bits per heavy atom. The lowest BCUT2D eigenvalue weighted by atomic mass is 9.96. The van der Waals surface area contributed by atoms with Crippen molar-refractivity contribution in [1.82, 2.24) is 0 Å². The van der Waals surface area contributed by atoms with Gasteiger partial charge in [0.2, 0.25) is 0 Å². The van der Waals surface area contributed by atoms with Gasteiger partial charge in [-0.3, -0.25) is 0 Å². The van der Waals surface area contributed by atoms with Crippen LogP contribution in [0.1, 0.15) is 61.3 Å². The van der Waals surface area contributed by atoms with Gasteiger partial charge in [-0.15, -0.1) is 0 Å². The van der Waals surface area contributed by atoms with Gasteiger partial charge in [-0.1, -0.05) is 28.5 Å². The van der Waals surface area contributed by atoms with Gasteiger partial charge >= 0.3 is 0 Å². The van der Waals surface area contributed by atoms with E-state index in [9.17, 15) is 10.2 Å². The second-order valence-corrected chi connectivity index (χ2v) is 10.1. The zero-order valence-electron chi connectivity index (χ0n) is 12.2. The molecule has 0 aromatic heterocycles. The monoisotopic (exact) mass is 280 g/mol. The minimum Gasteiger partial charge on any atom is -0.390 e. The zero-order valence-corrected chi connectivity index (χ0v) is 13.8. The van der Waals surface area contributed by atoms with Crippen molar-refractivity contribution in [2.45, 2.75) is 82.5 Å². The second-order valence-electron chi connectivity index (χ2n) is 6.76. The molecule has 0 aliphatic heterocycles. The van der Waals surface area contributed by atoms with Crippen LogP contribution in [0.15, 0.2) is 0 Å². The number of hydrogen-bond donors (Lipinski definition) is 2. The Labute approximate surface area is 114 Å². The number of rotatable bonds is 7. The molecule has 0 aliphatic rings. The predicted octanol–water partition coefficient (Wildman–Crippen LogP) is 3.86. The molecule has 2 N–H and O–H groups in total. The Balaban J connectivity index is 4.10. The van der Waals surface area contributed by atoms with Crippen molar-refractivity contribution in [2.75, 3.05) is 0 Å². The van der Waals surface area contributed by atoms with Crippen LogP contribution in [0, 0.1) is 0 Å². The van der Waals surface area contributed by atoms with E-state index in [1.807, 2.05) is 27.7 Å². The molecular formula is C13H28O2S2. The summed E-state index contributed by atoms with van der Waals surface area (Å²) in [5.74, 6) is 0. The third-order valence-electron chi connectivity index (χ3n) is 2.08. The molecule has 4 heteroatoms. The smallest absolute Gasteiger partial charge is 0.0605 e. The van der Waals surface area contributed by atoms with E-state index in [4.69, 9.17) is 0 Å². The fourth-order valence-electron chi connectivity index (χ4n) is 2.02. The van der Waals surface area contributed by atoms with Crippen molar-refractivity contribution < 1.29 is 10.2 Å². The van der Waals surface area contributed by atoms with Crippen molar-refractivity contribution >= 4 is 21.6 Å². The molecule has 0 rings (SSSR count). The van der Waals surface area contributed by atoms with Crippen LogP contribution in [0.25, 0.3) is 0 Å². The summed E-state index contributed by atoms with van der Waals surface area (Å²) in [5.41, 5.74) is -1.23. The van der Waals surface area contributed by atoms with E-state index in [0.717, 1.165) is 12.8 Å². The summed E-state index contributed by atoms with van der Waals surface area (Å²) < 4.78 is 0.0385. The fraction of sp³-hybridized carbons (Fsp3) is 1.00. The van der Waals surface area contributed by atoms with Crippen LogP contribution < -0.4 is 0 Å². The molecule has 17 heavy (non-hydrogen) atoms. The molecule has 0 bridgehead atoms.